The highest BCUT2D eigenvalue weighted by Crippen LogP contribution is 2.31. The van der Waals surface area contributed by atoms with Crippen LogP contribution in [0.5, 0.6) is 0 Å². The summed E-state index contributed by atoms with van der Waals surface area (Å²) in [4.78, 5) is 31.0. The minimum absolute atomic E-state index is 0.0525. The van der Waals surface area contributed by atoms with Crippen LogP contribution in [0.1, 0.15) is 17.7 Å². The number of thioether (sulfide) groups is 1. The van der Waals surface area contributed by atoms with E-state index < -0.39 is 5.91 Å². The van der Waals surface area contributed by atoms with Crippen molar-refractivity contribution in [1.29, 1.82) is 5.41 Å². The van der Waals surface area contributed by atoms with Gasteiger partial charge in [0.1, 0.15) is 16.6 Å². The minimum Gasteiger partial charge on any atom is -0.457 e. The molecule has 0 aliphatic carbocycles. The lowest BCUT2D eigenvalue weighted by Crippen LogP contribution is -2.41. The van der Waals surface area contributed by atoms with Gasteiger partial charge in [-0.25, -0.2) is 0 Å². The first kappa shape index (κ1) is 22.6. The zero-order valence-corrected chi connectivity index (χ0v) is 19.8. The number of hydrogen-bond acceptors (Lipinski definition) is 7. The molecule has 0 saturated carbocycles. The van der Waals surface area contributed by atoms with Gasteiger partial charge in [-0.1, -0.05) is 23.7 Å². The number of rotatable bonds is 4. The number of morpholine rings is 1. The van der Waals surface area contributed by atoms with E-state index in [1.807, 2.05) is 25.1 Å². The molecule has 1 saturated heterocycles. The van der Waals surface area contributed by atoms with Gasteiger partial charge in [0, 0.05) is 23.7 Å². The van der Waals surface area contributed by atoms with Gasteiger partial charge in [-0.05, 0) is 48.5 Å². The summed E-state index contributed by atoms with van der Waals surface area (Å²) in [7, 11) is 0. The van der Waals surface area contributed by atoms with Crippen LogP contribution >= 0.6 is 23.4 Å². The van der Waals surface area contributed by atoms with Crippen molar-refractivity contribution in [3.63, 3.8) is 0 Å². The summed E-state index contributed by atoms with van der Waals surface area (Å²) in [6, 6.07) is 9.10. The molecule has 5 rings (SSSR count). The molecule has 4 heterocycles. The minimum atomic E-state index is -0.559. The molecule has 34 heavy (non-hydrogen) atoms. The maximum Gasteiger partial charge on any atom is 0.283 e. The van der Waals surface area contributed by atoms with Crippen molar-refractivity contribution >= 4 is 57.3 Å². The summed E-state index contributed by atoms with van der Waals surface area (Å²) in [6.07, 6.45) is 1.56. The Morgan fingerprint density at radius 3 is 2.82 bits per heavy atom. The van der Waals surface area contributed by atoms with E-state index in [9.17, 15) is 9.59 Å². The van der Waals surface area contributed by atoms with E-state index in [0.29, 0.717) is 47.9 Å². The number of amides is 2. The molecule has 1 N–H and O–H groups in total. The van der Waals surface area contributed by atoms with Gasteiger partial charge < -0.3 is 14.1 Å². The lowest BCUT2D eigenvalue weighted by atomic mass is 10.1. The molecule has 2 amide bonds. The second-order valence-electron chi connectivity index (χ2n) is 7.85. The van der Waals surface area contributed by atoms with Gasteiger partial charge in [0.05, 0.1) is 25.2 Å². The van der Waals surface area contributed by atoms with E-state index in [0.717, 1.165) is 22.9 Å². The van der Waals surface area contributed by atoms with E-state index in [4.69, 9.17) is 26.2 Å². The van der Waals surface area contributed by atoms with Crippen molar-refractivity contribution in [2.24, 2.45) is 10.1 Å². The number of aryl methyl sites for hydroxylation is 1. The van der Waals surface area contributed by atoms with Crippen molar-refractivity contribution < 1.29 is 18.7 Å². The topological polar surface area (TPSA) is 112 Å². The zero-order valence-electron chi connectivity index (χ0n) is 18.2. The van der Waals surface area contributed by atoms with Gasteiger partial charge in [0.2, 0.25) is 11.1 Å². The molecule has 0 bridgehead atoms. The molecular formula is C23H20ClN5O4S. The van der Waals surface area contributed by atoms with Crippen molar-refractivity contribution in [2.45, 2.75) is 13.3 Å². The number of carbonyl (C=O) groups is 2. The highest BCUT2D eigenvalue weighted by Gasteiger charge is 2.36. The first-order valence-electron chi connectivity index (χ1n) is 10.6. The second-order valence-corrected chi connectivity index (χ2v) is 9.30. The average Bonchev–Trinajstić information content (AvgIpc) is 3.46. The third-order valence-corrected chi connectivity index (χ3v) is 6.85. The first-order chi connectivity index (χ1) is 16.4. The van der Waals surface area contributed by atoms with Crippen molar-refractivity contribution in [1.82, 2.24) is 9.91 Å². The molecule has 1 fully saturated rings. The van der Waals surface area contributed by atoms with Gasteiger partial charge in [0.25, 0.3) is 5.91 Å². The van der Waals surface area contributed by atoms with Crippen LogP contribution < -0.4 is 0 Å². The molecule has 1 aromatic heterocycles. The third kappa shape index (κ3) is 4.44. The van der Waals surface area contributed by atoms with Crippen molar-refractivity contribution in [3.05, 3.63) is 52.3 Å². The van der Waals surface area contributed by atoms with Crippen LogP contribution in [0.25, 0.3) is 17.4 Å². The summed E-state index contributed by atoms with van der Waals surface area (Å²) >= 11 is 7.34. The van der Waals surface area contributed by atoms with Crippen LogP contribution in [-0.4, -0.2) is 64.1 Å². The number of nitrogens with one attached hydrogen (secondary N) is 1. The fourth-order valence-corrected chi connectivity index (χ4v) is 4.69. The van der Waals surface area contributed by atoms with Gasteiger partial charge in [0.15, 0.2) is 5.84 Å². The van der Waals surface area contributed by atoms with E-state index >= 15 is 0 Å². The summed E-state index contributed by atoms with van der Waals surface area (Å²) in [5.41, 5.74) is 1.82. The fourth-order valence-electron chi connectivity index (χ4n) is 3.63. The highest BCUT2D eigenvalue weighted by molar-refractivity contribution is 8.27. The average molecular weight is 498 g/mol. The zero-order chi connectivity index (χ0) is 23.8. The Hall–Kier alpha value is -3.21. The van der Waals surface area contributed by atoms with Crippen molar-refractivity contribution in [2.75, 3.05) is 26.3 Å². The number of nitrogens with zero attached hydrogens (tertiary/aromatic N) is 4. The molecule has 174 valence electrons. The maximum atomic E-state index is 12.7. The number of ether oxygens (including phenoxy) is 1. The highest BCUT2D eigenvalue weighted by atomic mass is 35.5. The summed E-state index contributed by atoms with van der Waals surface area (Å²) < 4.78 is 11.1. The van der Waals surface area contributed by atoms with Crippen LogP contribution in [0.2, 0.25) is 5.02 Å². The molecule has 0 spiro atoms. The molecule has 0 radical (unpaired) electrons. The number of amidine groups is 2. The second kappa shape index (κ2) is 9.21. The standard InChI is InChI=1S/C23H20ClN5O4S/c1-13-2-3-14(10-17(13)24)18-5-4-15(33-18)11-16-21(25)29-23(26-22(16)31)34-19(27-29)12-20(30)28-6-8-32-9-7-28/h2-5,10-11,25H,6-9,12H2,1H3. The molecule has 3 aliphatic heterocycles. The number of carbonyl (C=O) groups excluding carboxylic acids is 2. The van der Waals surface area contributed by atoms with Gasteiger partial charge in [-0.15, -0.1) is 0 Å². The Kier molecular flexibility index (Phi) is 6.11. The fraction of sp³-hybridized carbons (Fsp3) is 0.261. The smallest absolute Gasteiger partial charge is 0.283 e. The number of aliphatic imine (C=N–C) groups is 1. The van der Waals surface area contributed by atoms with E-state index in [2.05, 4.69) is 10.1 Å². The van der Waals surface area contributed by atoms with E-state index in [-0.39, 0.29) is 28.9 Å². The molecular weight excluding hydrogens is 478 g/mol. The van der Waals surface area contributed by atoms with Crippen LogP contribution in [0.3, 0.4) is 0 Å². The monoisotopic (exact) mass is 497 g/mol. The number of hydrogen-bond donors (Lipinski definition) is 1. The molecule has 1 aromatic carbocycles. The van der Waals surface area contributed by atoms with E-state index in [1.54, 1.807) is 17.0 Å². The first-order valence-corrected chi connectivity index (χ1v) is 11.8. The molecule has 11 heteroatoms. The van der Waals surface area contributed by atoms with Crippen LogP contribution in [0, 0.1) is 12.3 Å². The molecule has 2 aromatic rings. The molecule has 0 atom stereocenters. The van der Waals surface area contributed by atoms with Gasteiger partial charge in [-0.2, -0.15) is 15.1 Å². The number of furan rings is 1. The van der Waals surface area contributed by atoms with Gasteiger partial charge in [-0.3, -0.25) is 15.0 Å². The largest absolute Gasteiger partial charge is 0.457 e. The Morgan fingerprint density at radius 2 is 2.06 bits per heavy atom. The quantitative estimate of drug-likeness (QED) is 0.643. The van der Waals surface area contributed by atoms with Crippen LogP contribution in [0.4, 0.5) is 0 Å². The lowest BCUT2D eigenvalue weighted by Gasteiger charge is -2.26. The lowest BCUT2D eigenvalue weighted by molar-refractivity contribution is -0.133. The van der Waals surface area contributed by atoms with Gasteiger partial charge >= 0.3 is 0 Å². The van der Waals surface area contributed by atoms with Crippen molar-refractivity contribution in [3.8, 4) is 11.3 Å². The molecule has 9 nitrogen and oxygen atoms in total. The Labute approximate surface area is 204 Å². The predicted octanol–water partition coefficient (Wildman–Crippen LogP) is 3.78. The Bertz CT molecular complexity index is 1290. The number of fused-ring (bicyclic) bond motifs is 1. The summed E-state index contributed by atoms with van der Waals surface area (Å²) in [5, 5.41) is 15.5. The third-order valence-electron chi connectivity index (χ3n) is 5.53. The van der Waals surface area contributed by atoms with E-state index in [1.165, 1.54) is 11.1 Å². The van der Waals surface area contributed by atoms with Crippen LogP contribution in [-0.2, 0) is 14.3 Å². The molecule has 3 aliphatic rings. The van der Waals surface area contributed by atoms with Crippen LogP contribution in [0.15, 0.2) is 50.4 Å². The summed E-state index contributed by atoms with van der Waals surface area (Å²) in [6.45, 7) is 4.04. The Morgan fingerprint density at radius 1 is 1.26 bits per heavy atom. The number of benzene rings is 1. The molecule has 0 unspecified atom stereocenters. The SMILES string of the molecule is Cc1ccc(-c2ccc(C=C3C(=N)N4N=C(CC(=O)N5CCOCC5)SC4=NC3=O)o2)cc1Cl. The predicted molar refractivity (Wildman–Crippen MR) is 131 cm³/mol. The maximum absolute atomic E-state index is 12.7. The summed E-state index contributed by atoms with van der Waals surface area (Å²) in [5.74, 6) is 0.245. The number of halogens is 1. The normalized spacial score (nSPS) is 19.4. The Balaban J connectivity index is 1.33. The number of hydrazone groups is 1.